The smallest absolute Gasteiger partial charge is 0.271 e. The lowest BCUT2D eigenvalue weighted by atomic mass is 10.1. The number of hydrogen-bond acceptors (Lipinski definition) is 5. The van der Waals surface area contributed by atoms with E-state index in [0.717, 1.165) is 11.1 Å². The number of nitro groups is 1. The highest BCUT2D eigenvalue weighted by molar-refractivity contribution is 6.44. The van der Waals surface area contributed by atoms with Crippen molar-refractivity contribution in [2.24, 2.45) is 5.10 Å². The Labute approximate surface area is 155 Å². The van der Waals surface area contributed by atoms with Crippen molar-refractivity contribution in [1.29, 1.82) is 0 Å². The molecule has 138 valence electrons. The number of nitrogens with zero attached hydrogens (tertiary/aromatic N) is 3. The first-order valence-corrected chi connectivity index (χ1v) is 8.38. The van der Waals surface area contributed by atoms with E-state index in [1.807, 2.05) is 32.0 Å². The molecule has 27 heavy (non-hydrogen) atoms. The third-order valence-electron chi connectivity index (χ3n) is 4.22. The van der Waals surface area contributed by atoms with Gasteiger partial charge in [0, 0.05) is 30.7 Å². The Morgan fingerprint density at radius 1 is 1.15 bits per heavy atom. The van der Waals surface area contributed by atoms with E-state index in [0.29, 0.717) is 11.4 Å². The maximum atomic E-state index is 12.5. The van der Waals surface area contributed by atoms with E-state index in [1.54, 1.807) is 0 Å². The van der Waals surface area contributed by atoms with Gasteiger partial charge in [-0.15, -0.1) is 0 Å². The summed E-state index contributed by atoms with van der Waals surface area (Å²) in [7, 11) is 0. The SMILES string of the molecule is Cc1ccc(C)c(N2N=C(C(=O)Nc3ccc([N+](=O)[O-])cc3)CCC2=O)c1. The lowest BCUT2D eigenvalue weighted by Gasteiger charge is -2.24. The summed E-state index contributed by atoms with van der Waals surface area (Å²) in [6.45, 7) is 3.80. The molecule has 0 fully saturated rings. The number of non-ortho nitro benzene ring substituents is 1. The maximum Gasteiger partial charge on any atom is 0.271 e. The average molecular weight is 366 g/mol. The summed E-state index contributed by atoms with van der Waals surface area (Å²) in [5.74, 6) is -0.609. The average Bonchev–Trinajstić information content (AvgIpc) is 2.64. The van der Waals surface area contributed by atoms with E-state index in [1.165, 1.54) is 29.3 Å². The molecule has 1 aliphatic rings. The van der Waals surface area contributed by atoms with Gasteiger partial charge < -0.3 is 5.32 Å². The largest absolute Gasteiger partial charge is 0.321 e. The van der Waals surface area contributed by atoms with Gasteiger partial charge in [0.25, 0.3) is 11.6 Å². The summed E-state index contributed by atoms with van der Waals surface area (Å²) in [5, 5.41) is 18.9. The summed E-state index contributed by atoms with van der Waals surface area (Å²) >= 11 is 0. The fourth-order valence-electron chi connectivity index (χ4n) is 2.72. The molecule has 2 amide bonds. The highest BCUT2D eigenvalue weighted by Crippen LogP contribution is 2.25. The van der Waals surface area contributed by atoms with E-state index in [-0.39, 0.29) is 30.1 Å². The zero-order valence-corrected chi connectivity index (χ0v) is 14.9. The van der Waals surface area contributed by atoms with E-state index in [4.69, 9.17) is 0 Å². The molecule has 3 rings (SSSR count). The van der Waals surface area contributed by atoms with Crippen LogP contribution in [0.1, 0.15) is 24.0 Å². The summed E-state index contributed by atoms with van der Waals surface area (Å²) in [5.41, 5.74) is 3.11. The molecule has 0 saturated carbocycles. The second-order valence-electron chi connectivity index (χ2n) is 6.30. The van der Waals surface area contributed by atoms with Crippen molar-refractivity contribution in [2.75, 3.05) is 10.3 Å². The van der Waals surface area contributed by atoms with Gasteiger partial charge in [-0.05, 0) is 43.2 Å². The minimum atomic E-state index is -0.509. The van der Waals surface area contributed by atoms with Crippen LogP contribution in [0.5, 0.6) is 0 Å². The van der Waals surface area contributed by atoms with Crippen molar-refractivity contribution in [2.45, 2.75) is 26.7 Å². The Hall–Kier alpha value is -3.55. The minimum Gasteiger partial charge on any atom is -0.321 e. The molecule has 8 heteroatoms. The first-order valence-electron chi connectivity index (χ1n) is 8.38. The first-order chi connectivity index (χ1) is 12.8. The number of carbonyl (C=O) groups is 2. The Balaban J connectivity index is 1.82. The number of nitrogens with one attached hydrogen (secondary N) is 1. The van der Waals surface area contributed by atoms with Crippen molar-refractivity contribution >= 4 is 34.6 Å². The van der Waals surface area contributed by atoms with Crippen LogP contribution in [0.25, 0.3) is 0 Å². The fourth-order valence-corrected chi connectivity index (χ4v) is 2.72. The lowest BCUT2D eigenvalue weighted by molar-refractivity contribution is -0.384. The zero-order chi connectivity index (χ0) is 19.6. The third kappa shape index (κ3) is 4.00. The fraction of sp³-hybridized carbons (Fsp3) is 0.211. The van der Waals surface area contributed by atoms with Crippen LogP contribution in [0.2, 0.25) is 0 Å². The zero-order valence-electron chi connectivity index (χ0n) is 14.9. The van der Waals surface area contributed by atoms with Crippen molar-refractivity contribution in [3.63, 3.8) is 0 Å². The van der Waals surface area contributed by atoms with E-state index in [9.17, 15) is 19.7 Å². The van der Waals surface area contributed by atoms with Gasteiger partial charge in [0.2, 0.25) is 5.91 Å². The number of carbonyl (C=O) groups excluding carboxylic acids is 2. The van der Waals surface area contributed by atoms with Crippen molar-refractivity contribution in [3.05, 3.63) is 63.7 Å². The highest BCUT2D eigenvalue weighted by atomic mass is 16.6. The molecule has 2 aromatic carbocycles. The standard InChI is InChI=1S/C19H18N4O4/c1-12-3-4-13(2)17(11-12)22-18(24)10-9-16(21-22)19(25)20-14-5-7-15(8-6-14)23(26)27/h3-8,11H,9-10H2,1-2H3,(H,20,25). The molecule has 0 aliphatic carbocycles. The molecular weight excluding hydrogens is 348 g/mol. The van der Waals surface area contributed by atoms with E-state index >= 15 is 0 Å². The number of rotatable bonds is 4. The molecule has 0 atom stereocenters. The molecule has 8 nitrogen and oxygen atoms in total. The molecule has 0 radical (unpaired) electrons. The lowest BCUT2D eigenvalue weighted by Crippen LogP contribution is -2.36. The molecule has 1 N–H and O–H groups in total. The second kappa shape index (κ2) is 7.36. The Morgan fingerprint density at radius 2 is 1.85 bits per heavy atom. The Bertz CT molecular complexity index is 951. The predicted molar refractivity (Wildman–Crippen MR) is 102 cm³/mol. The molecule has 0 saturated heterocycles. The number of amides is 2. The maximum absolute atomic E-state index is 12.5. The van der Waals surface area contributed by atoms with Crippen molar-refractivity contribution in [3.8, 4) is 0 Å². The number of anilines is 2. The Kier molecular flexibility index (Phi) is 4.98. The highest BCUT2D eigenvalue weighted by Gasteiger charge is 2.26. The van der Waals surface area contributed by atoms with Gasteiger partial charge in [-0.3, -0.25) is 19.7 Å². The number of hydrogen-bond donors (Lipinski definition) is 1. The van der Waals surface area contributed by atoms with Crippen LogP contribution in [-0.4, -0.2) is 22.4 Å². The van der Waals surface area contributed by atoms with Gasteiger partial charge in [-0.25, -0.2) is 5.01 Å². The normalized spacial score (nSPS) is 13.9. The van der Waals surface area contributed by atoms with E-state index < -0.39 is 10.8 Å². The van der Waals surface area contributed by atoms with Gasteiger partial charge in [0.1, 0.15) is 5.71 Å². The van der Waals surface area contributed by atoms with E-state index in [2.05, 4.69) is 10.4 Å². The molecule has 0 aromatic heterocycles. The summed E-state index contributed by atoms with van der Waals surface area (Å²) in [6, 6.07) is 11.2. The molecule has 1 aliphatic heterocycles. The quantitative estimate of drug-likeness (QED) is 0.662. The number of hydrazone groups is 1. The Morgan fingerprint density at radius 3 is 2.52 bits per heavy atom. The number of nitro benzene ring substituents is 1. The topological polar surface area (TPSA) is 105 Å². The minimum absolute atomic E-state index is 0.0605. The van der Waals surface area contributed by atoms with Gasteiger partial charge in [-0.1, -0.05) is 12.1 Å². The van der Waals surface area contributed by atoms with Crippen LogP contribution in [0.3, 0.4) is 0 Å². The van der Waals surface area contributed by atoms with Gasteiger partial charge in [-0.2, -0.15) is 5.10 Å². The summed E-state index contributed by atoms with van der Waals surface area (Å²) in [6.07, 6.45) is 0.416. The second-order valence-corrected chi connectivity index (χ2v) is 6.30. The molecule has 0 spiro atoms. The van der Waals surface area contributed by atoms with Crippen LogP contribution in [0, 0.1) is 24.0 Å². The molecule has 2 aromatic rings. The van der Waals surface area contributed by atoms with Crippen LogP contribution in [0.4, 0.5) is 17.1 Å². The van der Waals surface area contributed by atoms with Crippen molar-refractivity contribution < 1.29 is 14.5 Å². The van der Waals surface area contributed by atoms with Gasteiger partial charge in [0.05, 0.1) is 10.6 Å². The third-order valence-corrected chi connectivity index (χ3v) is 4.22. The first kappa shape index (κ1) is 18.2. The molecule has 1 heterocycles. The number of aryl methyl sites for hydroxylation is 2. The van der Waals surface area contributed by atoms with Crippen LogP contribution in [-0.2, 0) is 9.59 Å². The van der Waals surface area contributed by atoms with Crippen LogP contribution in [0.15, 0.2) is 47.6 Å². The monoisotopic (exact) mass is 366 g/mol. The predicted octanol–water partition coefficient (Wildman–Crippen LogP) is 3.33. The molecule has 0 unspecified atom stereocenters. The molecular formula is C19H18N4O4. The van der Waals surface area contributed by atoms with Crippen molar-refractivity contribution in [1.82, 2.24) is 0 Å². The van der Waals surface area contributed by atoms with Gasteiger partial charge >= 0.3 is 0 Å². The molecule has 0 bridgehead atoms. The summed E-state index contributed by atoms with van der Waals surface area (Å²) in [4.78, 5) is 35.0. The van der Waals surface area contributed by atoms with Gasteiger partial charge in [0.15, 0.2) is 0 Å². The van der Waals surface area contributed by atoms with Crippen LogP contribution < -0.4 is 10.3 Å². The van der Waals surface area contributed by atoms with Crippen LogP contribution >= 0.6 is 0 Å². The summed E-state index contributed by atoms with van der Waals surface area (Å²) < 4.78 is 0. The number of benzene rings is 2.